The van der Waals surface area contributed by atoms with Gasteiger partial charge in [-0.15, -0.1) is 5.10 Å². The van der Waals surface area contributed by atoms with Gasteiger partial charge in [0.25, 0.3) is 5.91 Å². The fourth-order valence-electron chi connectivity index (χ4n) is 1.67. The molecule has 1 unspecified atom stereocenters. The van der Waals surface area contributed by atoms with Gasteiger partial charge in [-0.05, 0) is 23.9 Å². The molecule has 106 valence electrons. The number of carbonyl (C=O) groups excluding carboxylic acids is 1. The van der Waals surface area contributed by atoms with E-state index in [0.717, 1.165) is 18.0 Å². The number of aliphatic carboxylic acids is 1. The molecular weight excluding hydrogens is 266 g/mol. The average molecular weight is 285 g/mol. The fourth-order valence-corrected chi connectivity index (χ4v) is 2.28. The van der Waals surface area contributed by atoms with Crippen LogP contribution in [0.5, 0.6) is 0 Å². The summed E-state index contributed by atoms with van der Waals surface area (Å²) in [6, 6.07) is -0.880. The first-order valence-electron chi connectivity index (χ1n) is 6.36. The van der Waals surface area contributed by atoms with E-state index in [9.17, 15) is 9.59 Å². The summed E-state index contributed by atoms with van der Waals surface area (Å²) in [5.74, 6) is -1.54. The summed E-state index contributed by atoms with van der Waals surface area (Å²) in [6.07, 6.45) is 2.21. The first-order valence-corrected chi connectivity index (χ1v) is 7.13. The zero-order valence-corrected chi connectivity index (χ0v) is 12.2. The van der Waals surface area contributed by atoms with Crippen molar-refractivity contribution in [1.82, 2.24) is 14.9 Å². The third kappa shape index (κ3) is 3.99. The van der Waals surface area contributed by atoms with Crippen molar-refractivity contribution in [3.8, 4) is 0 Å². The third-order valence-electron chi connectivity index (χ3n) is 3.01. The summed E-state index contributed by atoms with van der Waals surface area (Å²) < 4.78 is 3.76. The second-order valence-corrected chi connectivity index (χ2v) is 5.23. The molecule has 0 fully saturated rings. The van der Waals surface area contributed by atoms with Crippen LogP contribution in [0.25, 0.3) is 0 Å². The van der Waals surface area contributed by atoms with Gasteiger partial charge in [-0.3, -0.25) is 4.79 Å². The Kier molecular flexibility index (Phi) is 5.88. The topological polar surface area (TPSA) is 92.2 Å². The van der Waals surface area contributed by atoms with Crippen LogP contribution in [0, 0.1) is 5.92 Å². The Bertz CT molecular complexity index is 447. The van der Waals surface area contributed by atoms with E-state index in [1.807, 2.05) is 13.8 Å². The molecule has 0 aliphatic rings. The Morgan fingerprint density at radius 3 is 2.63 bits per heavy atom. The highest BCUT2D eigenvalue weighted by Crippen LogP contribution is 2.14. The van der Waals surface area contributed by atoms with E-state index in [1.165, 1.54) is 0 Å². The molecule has 1 rings (SSSR count). The highest BCUT2D eigenvalue weighted by molar-refractivity contribution is 7.08. The van der Waals surface area contributed by atoms with Crippen molar-refractivity contribution in [3.63, 3.8) is 0 Å². The van der Waals surface area contributed by atoms with Crippen molar-refractivity contribution >= 4 is 23.4 Å². The molecule has 0 bridgehead atoms. The van der Waals surface area contributed by atoms with Gasteiger partial charge in [0.2, 0.25) is 0 Å². The van der Waals surface area contributed by atoms with Crippen molar-refractivity contribution in [2.24, 2.45) is 5.92 Å². The van der Waals surface area contributed by atoms with Crippen LogP contribution in [-0.4, -0.2) is 32.6 Å². The van der Waals surface area contributed by atoms with E-state index in [2.05, 4.69) is 14.9 Å². The predicted molar refractivity (Wildman–Crippen MR) is 72.2 cm³/mol. The van der Waals surface area contributed by atoms with Crippen molar-refractivity contribution < 1.29 is 14.7 Å². The SMILES string of the molecule is CCCc1nnsc1C(=O)N[C@H](C(=O)O)C(C)CC. The molecule has 0 aromatic carbocycles. The van der Waals surface area contributed by atoms with Crippen LogP contribution in [0.4, 0.5) is 0 Å². The van der Waals surface area contributed by atoms with Gasteiger partial charge >= 0.3 is 5.97 Å². The smallest absolute Gasteiger partial charge is 0.326 e. The number of carboxylic acids is 1. The number of nitrogens with zero attached hydrogens (tertiary/aromatic N) is 2. The van der Waals surface area contributed by atoms with Gasteiger partial charge in [0.1, 0.15) is 10.9 Å². The van der Waals surface area contributed by atoms with Crippen LogP contribution in [0.1, 0.15) is 49.0 Å². The van der Waals surface area contributed by atoms with E-state index < -0.39 is 17.9 Å². The summed E-state index contributed by atoms with van der Waals surface area (Å²) in [4.78, 5) is 23.7. The van der Waals surface area contributed by atoms with Crippen molar-refractivity contribution in [1.29, 1.82) is 0 Å². The summed E-state index contributed by atoms with van der Waals surface area (Å²) in [7, 11) is 0. The molecule has 0 aliphatic carbocycles. The molecule has 7 heteroatoms. The van der Waals surface area contributed by atoms with Gasteiger partial charge in [-0.25, -0.2) is 4.79 Å². The quantitative estimate of drug-likeness (QED) is 0.795. The van der Waals surface area contributed by atoms with Crippen LogP contribution in [-0.2, 0) is 11.2 Å². The van der Waals surface area contributed by atoms with Gasteiger partial charge in [0, 0.05) is 0 Å². The van der Waals surface area contributed by atoms with Crippen molar-refractivity contribution in [2.75, 3.05) is 0 Å². The summed E-state index contributed by atoms with van der Waals surface area (Å²) >= 11 is 1.00. The van der Waals surface area contributed by atoms with Crippen LogP contribution >= 0.6 is 11.5 Å². The number of amides is 1. The lowest BCUT2D eigenvalue weighted by atomic mass is 9.99. The molecule has 0 aliphatic heterocycles. The van der Waals surface area contributed by atoms with Gasteiger partial charge in [0.15, 0.2) is 0 Å². The second-order valence-electron chi connectivity index (χ2n) is 4.47. The Balaban J connectivity index is 2.82. The summed E-state index contributed by atoms with van der Waals surface area (Å²) in [5.41, 5.74) is 0.637. The Morgan fingerprint density at radius 2 is 2.11 bits per heavy atom. The molecule has 1 heterocycles. The zero-order chi connectivity index (χ0) is 14.4. The number of carbonyl (C=O) groups is 2. The van der Waals surface area contributed by atoms with Crippen molar-refractivity contribution in [2.45, 2.75) is 46.1 Å². The van der Waals surface area contributed by atoms with Gasteiger partial charge in [-0.2, -0.15) is 0 Å². The minimum absolute atomic E-state index is 0.128. The standard InChI is InChI=1S/C12H19N3O3S/c1-4-6-8-10(19-15-14-8)11(16)13-9(12(17)18)7(3)5-2/h7,9H,4-6H2,1-3H3,(H,13,16)(H,17,18)/t7?,9-/m0/s1. The maximum Gasteiger partial charge on any atom is 0.326 e. The molecule has 0 saturated heterocycles. The lowest BCUT2D eigenvalue weighted by Crippen LogP contribution is -2.45. The van der Waals surface area contributed by atoms with E-state index in [1.54, 1.807) is 6.92 Å². The number of aryl methyl sites for hydroxylation is 1. The van der Waals surface area contributed by atoms with Crippen LogP contribution < -0.4 is 5.32 Å². The van der Waals surface area contributed by atoms with Gasteiger partial charge in [0.05, 0.1) is 5.69 Å². The number of nitrogens with one attached hydrogen (secondary N) is 1. The fraction of sp³-hybridized carbons (Fsp3) is 0.667. The Hall–Kier alpha value is -1.50. The molecule has 1 aromatic heterocycles. The van der Waals surface area contributed by atoms with E-state index in [4.69, 9.17) is 5.11 Å². The number of rotatable bonds is 7. The molecule has 6 nitrogen and oxygen atoms in total. The molecular formula is C12H19N3O3S. The molecule has 19 heavy (non-hydrogen) atoms. The van der Waals surface area contributed by atoms with Crippen LogP contribution in [0.2, 0.25) is 0 Å². The number of carboxylic acid groups (broad SMARTS) is 1. The molecule has 2 atom stereocenters. The minimum atomic E-state index is -1.02. The number of hydrogen-bond acceptors (Lipinski definition) is 5. The van der Waals surface area contributed by atoms with Crippen molar-refractivity contribution in [3.05, 3.63) is 10.6 Å². The zero-order valence-electron chi connectivity index (χ0n) is 11.3. The third-order valence-corrected chi connectivity index (χ3v) is 3.78. The highest BCUT2D eigenvalue weighted by Gasteiger charge is 2.27. The highest BCUT2D eigenvalue weighted by atomic mass is 32.1. The molecule has 0 spiro atoms. The van der Waals surface area contributed by atoms with Crippen LogP contribution in [0.3, 0.4) is 0 Å². The monoisotopic (exact) mass is 285 g/mol. The molecule has 2 N–H and O–H groups in total. The number of hydrogen-bond donors (Lipinski definition) is 2. The van der Waals surface area contributed by atoms with Gasteiger partial charge in [-0.1, -0.05) is 38.1 Å². The van der Waals surface area contributed by atoms with E-state index in [-0.39, 0.29) is 5.92 Å². The Morgan fingerprint density at radius 1 is 1.42 bits per heavy atom. The number of aromatic nitrogens is 2. The molecule has 1 amide bonds. The lowest BCUT2D eigenvalue weighted by molar-refractivity contribution is -0.140. The van der Waals surface area contributed by atoms with E-state index in [0.29, 0.717) is 23.4 Å². The normalized spacial score (nSPS) is 13.8. The average Bonchev–Trinajstić information content (AvgIpc) is 2.83. The lowest BCUT2D eigenvalue weighted by Gasteiger charge is -2.19. The molecule has 0 radical (unpaired) electrons. The van der Waals surface area contributed by atoms with Crippen LogP contribution in [0.15, 0.2) is 0 Å². The first-order chi connectivity index (χ1) is 9.01. The Labute approximate surface area is 116 Å². The first kappa shape index (κ1) is 15.6. The second kappa shape index (κ2) is 7.18. The maximum atomic E-state index is 12.1. The minimum Gasteiger partial charge on any atom is -0.480 e. The van der Waals surface area contributed by atoms with Gasteiger partial charge < -0.3 is 10.4 Å². The summed E-state index contributed by atoms with van der Waals surface area (Å²) in [6.45, 7) is 5.68. The summed E-state index contributed by atoms with van der Waals surface area (Å²) in [5, 5.41) is 15.6. The molecule has 1 aromatic rings. The molecule has 0 saturated carbocycles. The predicted octanol–water partition coefficient (Wildman–Crippen LogP) is 1.72. The largest absolute Gasteiger partial charge is 0.480 e. The maximum absolute atomic E-state index is 12.1. The van der Waals surface area contributed by atoms with E-state index >= 15 is 0 Å².